The maximum Gasteiger partial charge on any atom is 0.341 e. The zero-order chi connectivity index (χ0) is 21.4. The molecular weight excluding hydrogens is 382 g/mol. The largest absolute Gasteiger partial charge is 0.493 e. The number of hydrogen-bond donors (Lipinski definition) is 1. The highest BCUT2D eigenvalue weighted by atomic mass is 16.5. The topological polar surface area (TPSA) is 84.7 Å². The quantitative estimate of drug-likeness (QED) is 0.802. The molecule has 1 fully saturated rings. The van der Waals surface area contributed by atoms with Crippen LogP contribution in [0.1, 0.15) is 62.4 Å². The maximum atomic E-state index is 13.4. The first-order chi connectivity index (χ1) is 14.3. The van der Waals surface area contributed by atoms with Crippen molar-refractivity contribution >= 4 is 17.7 Å². The number of rotatable bonds is 5. The number of hydrogen-bond acceptors (Lipinski definition) is 4. The Kier molecular flexibility index (Phi) is 5.54. The first kappa shape index (κ1) is 20.4. The number of carbonyl (C=O) groups excluding carboxylic acids is 1. The molecule has 7 heteroatoms. The summed E-state index contributed by atoms with van der Waals surface area (Å²) in [6.45, 7) is 6.67. The fourth-order valence-electron chi connectivity index (χ4n) is 4.45. The van der Waals surface area contributed by atoms with Gasteiger partial charge in [0.1, 0.15) is 11.3 Å². The van der Waals surface area contributed by atoms with E-state index in [0.717, 1.165) is 49.1 Å². The van der Waals surface area contributed by atoms with Crippen LogP contribution < -0.4 is 9.64 Å². The molecule has 0 saturated heterocycles. The first-order valence-corrected chi connectivity index (χ1v) is 10.8. The lowest BCUT2D eigenvalue weighted by atomic mass is 9.82. The third-order valence-electron chi connectivity index (χ3n) is 6.21. The van der Waals surface area contributed by atoms with E-state index in [2.05, 4.69) is 12.0 Å². The number of aromatic nitrogens is 2. The van der Waals surface area contributed by atoms with Crippen molar-refractivity contribution in [3.63, 3.8) is 0 Å². The summed E-state index contributed by atoms with van der Waals surface area (Å²) in [5.74, 6) is 0.531. The lowest BCUT2D eigenvalue weighted by Crippen LogP contribution is -2.43. The molecule has 1 aliphatic heterocycles. The molecule has 4 rings (SSSR count). The van der Waals surface area contributed by atoms with Crippen LogP contribution in [-0.4, -0.2) is 39.4 Å². The molecule has 2 aliphatic rings. The Hall–Kier alpha value is -2.83. The minimum Gasteiger partial charge on any atom is -0.493 e. The smallest absolute Gasteiger partial charge is 0.341 e. The van der Waals surface area contributed by atoms with Gasteiger partial charge >= 0.3 is 5.97 Å². The predicted octanol–water partition coefficient (Wildman–Crippen LogP) is 4.07. The number of nitrogens with zero attached hydrogens (tertiary/aromatic N) is 3. The zero-order valence-electron chi connectivity index (χ0n) is 17.8. The van der Waals surface area contributed by atoms with Gasteiger partial charge in [0, 0.05) is 24.6 Å². The molecule has 30 heavy (non-hydrogen) atoms. The molecule has 0 unspecified atom stereocenters. The summed E-state index contributed by atoms with van der Waals surface area (Å²) in [6, 6.07) is 5.52. The van der Waals surface area contributed by atoms with E-state index in [-0.39, 0.29) is 29.2 Å². The molecule has 0 radical (unpaired) electrons. The second kappa shape index (κ2) is 8.13. The lowest BCUT2D eigenvalue weighted by molar-refractivity contribution is -0.123. The minimum absolute atomic E-state index is 0.0213. The van der Waals surface area contributed by atoms with E-state index < -0.39 is 5.97 Å². The highest BCUT2D eigenvalue weighted by Crippen LogP contribution is 2.33. The summed E-state index contributed by atoms with van der Waals surface area (Å²) >= 11 is 0. The normalized spacial score (nSPS) is 20.7. The van der Waals surface area contributed by atoms with Gasteiger partial charge < -0.3 is 9.84 Å². The summed E-state index contributed by atoms with van der Waals surface area (Å²) < 4.78 is 7.11. The van der Waals surface area contributed by atoms with Gasteiger partial charge in [-0.3, -0.25) is 9.69 Å². The summed E-state index contributed by atoms with van der Waals surface area (Å²) in [5.41, 5.74) is 1.88. The Balaban J connectivity index is 1.70. The molecule has 7 nitrogen and oxygen atoms in total. The van der Waals surface area contributed by atoms with Crippen LogP contribution in [0.2, 0.25) is 0 Å². The molecule has 2 heterocycles. The number of carboxylic acids is 1. The average Bonchev–Trinajstić information content (AvgIpc) is 3.35. The van der Waals surface area contributed by atoms with Crippen LogP contribution in [0, 0.1) is 11.8 Å². The fourth-order valence-corrected chi connectivity index (χ4v) is 4.45. The standard InChI is InChI=1S/C23H29N3O4/c1-14(2)26(22(27)16-6-4-15(3)5-7-16)21-19(23(28)29)13-25(24-21)18-8-9-20-17(12-18)10-11-30-20/h8-9,12-16H,4-7,10-11H2,1-3H3,(H,28,29)/t15-,16-. The second-order valence-electron chi connectivity index (χ2n) is 8.77. The molecule has 1 aliphatic carbocycles. The second-order valence-corrected chi connectivity index (χ2v) is 8.77. The van der Waals surface area contributed by atoms with Gasteiger partial charge in [0.2, 0.25) is 5.91 Å². The number of aromatic carboxylic acids is 1. The van der Waals surface area contributed by atoms with Crippen LogP contribution in [0.4, 0.5) is 5.82 Å². The van der Waals surface area contributed by atoms with Crippen molar-refractivity contribution in [2.75, 3.05) is 11.5 Å². The summed E-state index contributed by atoms with van der Waals surface area (Å²) in [7, 11) is 0. The van der Waals surface area contributed by atoms with Gasteiger partial charge in [0.15, 0.2) is 5.82 Å². The van der Waals surface area contributed by atoms with Crippen molar-refractivity contribution in [1.82, 2.24) is 9.78 Å². The zero-order valence-corrected chi connectivity index (χ0v) is 17.8. The van der Waals surface area contributed by atoms with Crippen molar-refractivity contribution in [2.24, 2.45) is 11.8 Å². The molecule has 1 N–H and O–H groups in total. The molecule has 160 valence electrons. The van der Waals surface area contributed by atoms with E-state index in [9.17, 15) is 14.7 Å². The van der Waals surface area contributed by atoms with E-state index in [1.165, 1.54) is 6.20 Å². The number of carboxylic acid groups (broad SMARTS) is 1. The van der Waals surface area contributed by atoms with Crippen LogP contribution in [0.15, 0.2) is 24.4 Å². The Morgan fingerprint density at radius 3 is 2.63 bits per heavy atom. The van der Waals surface area contributed by atoms with E-state index in [4.69, 9.17) is 4.74 Å². The summed E-state index contributed by atoms with van der Waals surface area (Å²) in [5, 5.41) is 14.4. The van der Waals surface area contributed by atoms with Crippen molar-refractivity contribution in [2.45, 2.75) is 58.9 Å². The number of anilines is 1. The van der Waals surface area contributed by atoms with Gasteiger partial charge in [-0.05, 0) is 69.2 Å². The third-order valence-corrected chi connectivity index (χ3v) is 6.21. The van der Waals surface area contributed by atoms with Crippen LogP contribution in [0.5, 0.6) is 5.75 Å². The van der Waals surface area contributed by atoms with Gasteiger partial charge in [0.05, 0.1) is 12.3 Å². The lowest BCUT2D eigenvalue weighted by Gasteiger charge is -2.32. The molecule has 1 aromatic heterocycles. The highest BCUT2D eigenvalue weighted by Gasteiger charge is 2.34. The summed E-state index contributed by atoms with van der Waals surface area (Å²) in [6.07, 6.45) is 6.06. The Bertz CT molecular complexity index is 957. The molecule has 1 aromatic carbocycles. The van der Waals surface area contributed by atoms with Gasteiger partial charge in [-0.2, -0.15) is 0 Å². The number of benzene rings is 1. The molecule has 2 aromatic rings. The number of fused-ring (bicyclic) bond motifs is 1. The van der Waals surface area contributed by atoms with Crippen molar-refractivity contribution in [3.8, 4) is 11.4 Å². The van der Waals surface area contributed by atoms with E-state index >= 15 is 0 Å². The average molecular weight is 412 g/mol. The Morgan fingerprint density at radius 2 is 1.97 bits per heavy atom. The van der Waals surface area contributed by atoms with Crippen LogP contribution in [0.25, 0.3) is 5.69 Å². The van der Waals surface area contributed by atoms with Crippen molar-refractivity contribution < 1.29 is 19.4 Å². The van der Waals surface area contributed by atoms with E-state index in [0.29, 0.717) is 12.5 Å². The molecule has 1 amide bonds. The van der Waals surface area contributed by atoms with Crippen molar-refractivity contribution in [1.29, 1.82) is 0 Å². The predicted molar refractivity (Wildman–Crippen MR) is 113 cm³/mol. The van der Waals surface area contributed by atoms with Gasteiger partial charge in [-0.1, -0.05) is 6.92 Å². The van der Waals surface area contributed by atoms with Crippen LogP contribution >= 0.6 is 0 Å². The van der Waals surface area contributed by atoms with Gasteiger partial charge in [0.25, 0.3) is 0 Å². The molecule has 0 atom stereocenters. The number of carbonyl (C=O) groups is 2. The highest BCUT2D eigenvalue weighted by molar-refractivity contribution is 6.01. The van der Waals surface area contributed by atoms with E-state index in [1.54, 1.807) is 9.58 Å². The first-order valence-electron chi connectivity index (χ1n) is 10.8. The van der Waals surface area contributed by atoms with Gasteiger partial charge in [-0.15, -0.1) is 5.10 Å². The van der Waals surface area contributed by atoms with Crippen LogP contribution in [0.3, 0.4) is 0 Å². The maximum absolute atomic E-state index is 13.4. The van der Waals surface area contributed by atoms with Crippen LogP contribution in [-0.2, 0) is 11.2 Å². The van der Waals surface area contributed by atoms with Gasteiger partial charge in [-0.25, -0.2) is 9.48 Å². The Morgan fingerprint density at radius 1 is 1.23 bits per heavy atom. The molecular formula is C23H29N3O4. The number of ether oxygens (including phenoxy) is 1. The Labute approximate surface area is 176 Å². The fraction of sp³-hybridized carbons (Fsp3) is 0.522. The summed E-state index contributed by atoms with van der Waals surface area (Å²) in [4.78, 5) is 27.0. The van der Waals surface area contributed by atoms with E-state index in [1.807, 2.05) is 32.0 Å². The monoisotopic (exact) mass is 411 g/mol. The SMILES string of the molecule is CC(C)N(c1nn(-c2ccc3c(c2)CCO3)cc1C(=O)O)C(=O)[C@H]1CC[C@H](C)CC1. The molecule has 1 saturated carbocycles. The van der Waals surface area contributed by atoms with Crippen molar-refractivity contribution in [3.05, 3.63) is 35.5 Å². The third kappa shape index (κ3) is 3.80. The number of amides is 1. The molecule has 0 bridgehead atoms. The molecule has 0 spiro atoms. The minimum atomic E-state index is -1.09.